The molecule has 0 unspecified atom stereocenters. The Kier molecular flexibility index (Phi) is 6.17. The molecule has 4 rings (SSSR count). The topological polar surface area (TPSA) is 101 Å². The molecule has 166 valence electrons. The number of imide groups is 1. The van der Waals surface area contributed by atoms with Crippen molar-refractivity contribution in [3.05, 3.63) is 89.9 Å². The number of pyridine rings is 1. The first kappa shape index (κ1) is 21.8. The van der Waals surface area contributed by atoms with E-state index < -0.39 is 11.8 Å². The largest absolute Gasteiger partial charge is 0.496 e. The summed E-state index contributed by atoms with van der Waals surface area (Å²) in [5.74, 6) is -0.600. The molecule has 0 radical (unpaired) electrons. The zero-order valence-corrected chi connectivity index (χ0v) is 18.2. The lowest BCUT2D eigenvalue weighted by Gasteiger charge is -2.15. The third-order valence-electron chi connectivity index (χ3n) is 5.07. The highest BCUT2D eigenvalue weighted by molar-refractivity contribution is 6.36. The Bertz CT molecular complexity index is 1240. The second-order valence-corrected chi connectivity index (χ2v) is 7.35. The number of rotatable bonds is 7. The van der Waals surface area contributed by atoms with Crippen molar-refractivity contribution < 1.29 is 19.1 Å². The van der Waals surface area contributed by atoms with Crippen LogP contribution in [-0.4, -0.2) is 34.7 Å². The van der Waals surface area contributed by atoms with Crippen LogP contribution >= 0.6 is 0 Å². The van der Waals surface area contributed by atoms with Gasteiger partial charge in [-0.1, -0.05) is 24.3 Å². The normalized spacial score (nSPS) is 13.3. The fourth-order valence-electron chi connectivity index (χ4n) is 3.57. The first-order valence-electron chi connectivity index (χ1n) is 10.3. The molecule has 0 saturated carbocycles. The van der Waals surface area contributed by atoms with E-state index in [2.05, 4.69) is 15.6 Å². The first-order valence-corrected chi connectivity index (χ1v) is 10.3. The van der Waals surface area contributed by atoms with Crippen LogP contribution in [-0.2, 0) is 20.9 Å². The van der Waals surface area contributed by atoms with Gasteiger partial charge in [0.15, 0.2) is 0 Å². The minimum Gasteiger partial charge on any atom is -0.496 e. The highest BCUT2D eigenvalue weighted by atomic mass is 16.5. The quantitative estimate of drug-likeness (QED) is 0.544. The van der Waals surface area contributed by atoms with E-state index in [1.807, 2.05) is 0 Å². The van der Waals surface area contributed by atoms with Crippen molar-refractivity contribution in [3.63, 3.8) is 0 Å². The number of hydrogen-bond acceptors (Lipinski definition) is 6. The van der Waals surface area contributed by atoms with E-state index in [9.17, 15) is 14.4 Å². The molecule has 2 N–H and O–H groups in total. The molecule has 8 heteroatoms. The van der Waals surface area contributed by atoms with Crippen molar-refractivity contribution in [1.82, 2.24) is 9.88 Å². The van der Waals surface area contributed by atoms with Crippen molar-refractivity contribution in [2.45, 2.75) is 13.5 Å². The summed E-state index contributed by atoms with van der Waals surface area (Å²) in [5, 5.41) is 5.79. The summed E-state index contributed by atoms with van der Waals surface area (Å²) in [4.78, 5) is 43.5. The van der Waals surface area contributed by atoms with Gasteiger partial charge in [0.25, 0.3) is 11.8 Å². The van der Waals surface area contributed by atoms with Crippen molar-refractivity contribution in [2.75, 3.05) is 17.7 Å². The van der Waals surface area contributed by atoms with E-state index in [-0.39, 0.29) is 23.7 Å². The van der Waals surface area contributed by atoms with Gasteiger partial charge in [0, 0.05) is 30.1 Å². The number of hydrogen-bond donors (Lipinski definition) is 2. The molecule has 3 amide bonds. The number of nitrogens with one attached hydrogen (secondary N) is 2. The van der Waals surface area contributed by atoms with Gasteiger partial charge in [-0.3, -0.25) is 24.3 Å². The van der Waals surface area contributed by atoms with E-state index in [0.717, 1.165) is 4.90 Å². The molecule has 3 aromatic rings. The predicted molar refractivity (Wildman–Crippen MR) is 124 cm³/mol. The zero-order chi connectivity index (χ0) is 23.4. The third-order valence-corrected chi connectivity index (χ3v) is 5.07. The van der Waals surface area contributed by atoms with Crippen LogP contribution in [0.3, 0.4) is 0 Å². The molecule has 0 fully saturated rings. The maximum absolute atomic E-state index is 13.4. The van der Waals surface area contributed by atoms with Crippen LogP contribution in [0.25, 0.3) is 5.57 Å². The van der Waals surface area contributed by atoms with Crippen LogP contribution < -0.4 is 15.4 Å². The number of aromatic nitrogens is 1. The van der Waals surface area contributed by atoms with Gasteiger partial charge in [0.2, 0.25) is 5.91 Å². The average Bonchev–Trinajstić information content (AvgIpc) is 3.04. The standard InChI is InChI=1S/C25H22N4O4/c1-16(30)27-17-10-12-18(13-11-17)28-23-22(20-8-3-4-9-21(20)33-2)24(31)29(25(23)32)15-19-7-5-6-14-26-19/h3-14,28H,15H2,1-2H3,(H,27,30). The van der Waals surface area contributed by atoms with Gasteiger partial charge in [-0.25, -0.2) is 0 Å². The molecule has 1 aromatic heterocycles. The SMILES string of the molecule is COc1ccccc1C1=C(Nc2ccc(NC(C)=O)cc2)C(=O)N(Cc2ccccn2)C1=O. The predicted octanol–water partition coefficient (Wildman–Crippen LogP) is 3.44. The van der Waals surface area contributed by atoms with Gasteiger partial charge in [0.1, 0.15) is 11.4 Å². The van der Waals surface area contributed by atoms with Crippen LogP contribution in [0.1, 0.15) is 18.2 Å². The van der Waals surface area contributed by atoms with E-state index >= 15 is 0 Å². The first-order chi connectivity index (χ1) is 16.0. The number of ether oxygens (including phenoxy) is 1. The maximum Gasteiger partial charge on any atom is 0.278 e. The number of carbonyl (C=O) groups excluding carboxylic acids is 3. The number of para-hydroxylation sites is 1. The minimum absolute atomic E-state index is 0.0454. The number of methoxy groups -OCH3 is 1. The van der Waals surface area contributed by atoms with Crippen molar-refractivity contribution in [3.8, 4) is 5.75 Å². The van der Waals surface area contributed by atoms with Gasteiger partial charge in [-0.2, -0.15) is 0 Å². The van der Waals surface area contributed by atoms with Crippen molar-refractivity contribution in [1.29, 1.82) is 0 Å². The van der Waals surface area contributed by atoms with Gasteiger partial charge in [-0.15, -0.1) is 0 Å². The van der Waals surface area contributed by atoms with Gasteiger partial charge < -0.3 is 15.4 Å². The van der Waals surface area contributed by atoms with Crippen LogP contribution in [0.2, 0.25) is 0 Å². The summed E-state index contributed by atoms with van der Waals surface area (Å²) < 4.78 is 5.45. The molecule has 2 heterocycles. The molecular weight excluding hydrogens is 420 g/mol. The third kappa shape index (κ3) is 4.59. The number of amides is 3. The molecule has 0 spiro atoms. The summed E-state index contributed by atoms with van der Waals surface area (Å²) in [7, 11) is 1.51. The van der Waals surface area contributed by atoms with E-state index in [1.54, 1.807) is 72.9 Å². The average molecular weight is 442 g/mol. The van der Waals surface area contributed by atoms with E-state index in [4.69, 9.17) is 4.74 Å². The lowest BCUT2D eigenvalue weighted by atomic mass is 10.0. The Labute approximate surface area is 190 Å². The monoisotopic (exact) mass is 442 g/mol. The summed E-state index contributed by atoms with van der Waals surface area (Å²) in [6.45, 7) is 1.47. The van der Waals surface area contributed by atoms with E-state index in [0.29, 0.717) is 28.4 Å². The van der Waals surface area contributed by atoms with Gasteiger partial charge >= 0.3 is 0 Å². The lowest BCUT2D eigenvalue weighted by Crippen LogP contribution is -2.32. The van der Waals surface area contributed by atoms with Gasteiger partial charge in [-0.05, 0) is 42.5 Å². The lowest BCUT2D eigenvalue weighted by molar-refractivity contribution is -0.137. The summed E-state index contributed by atoms with van der Waals surface area (Å²) in [6.07, 6.45) is 1.62. The number of nitrogens with zero attached hydrogens (tertiary/aromatic N) is 2. The van der Waals surface area contributed by atoms with Crippen molar-refractivity contribution >= 4 is 34.7 Å². The summed E-state index contributed by atoms with van der Waals surface area (Å²) in [6, 6.07) is 19.2. The Hall–Kier alpha value is -4.46. The molecular formula is C25H22N4O4. The van der Waals surface area contributed by atoms with Crippen LogP contribution in [0, 0.1) is 0 Å². The molecule has 8 nitrogen and oxygen atoms in total. The smallest absolute Gasteiger partial charge is 0.278 e. The fourth-order valence-corrected chi connectivity index (χ4v) is 3.57. The molecule has 0 aliphatic carbocycles. The van der Waals surface area contributed by atoms with Crippen LogP contribution in [0.5, 0.6) is 5.75 Å². The second kappa shape index (κ2) is 9.35. The van der Waals surface area contributed by atoms with Crippen LogP contribution in [0.4, 0.5) is 11.4 Å². The second-order valence-electron chi connectivity index (χ2n) is 7.35. The number of benzene rings is 2. The Balaban J connectivity index is 1.73. The molecule has 33 heavy (non-hydrogen) atoms. The number of anilines is 2. The minimum atomic E-state index is -0.461. The molecule has 1 aliphatic rings. The summed E-state index contributed by atoms with van der Waals surface area (Å²) >= 11 is 0. The molecule has 2 aromatic carbocycles. The number of carbonyl (C=O) groups is 3. The maximum atomic E-state index is 13.4. The van der Waals surface area contributed by atoms with E-state index in [1.165, 1.54) is 14.0 Å². The fraction of sp³-hybridized carbons (Fsp3) is 0.120. The van der Waals surface area contributed by atoms with Crippen LogP contribution in [0.15, 0.2) is 78.6 Å². The highest BCUT2D eigenvalue weighted by Gasteiger charge is 2.40. The molecule has 0 bridgehead atoms. The highest BCUT2D eigenvalue weighted by Crippen LogP contribution is 2.35. The molecule has 0 saturated heterocycles. The van der Waals surface area contributed by atoms with Gasteiger partial charge in [0.05, 0.1) is 24.9 Å². The Morgan fingerprint density at radius 1 is 0.939 bits per heavy atom. The Morgan fingerprint density at radius 3 is 2.30 bits per heavy atom. The molecule has 1 aliphatic heterocycles. The molecule has 0 atom stereocenters. The Morgan fingerprint density at radius 2 is 1.64 bits per heavy atom. The zero-order valence-electron chi connectivity index (χ0n) is 18.2. The van der Waals surface area contributed by atoms with Crippen molar-refractivity contribution in [2.24, 2.45) is 0 Å². The summed E-state index contributed by atoms with van der Waals surface area (Å²) in [5.41, 5.74) is 2.69.